The molecule has 6 nitrogen and oxygen atoms in total. The first-order valence-electron chi connectivity index (χ1n) is 9.20. The fourth-order valence-electron chi connectivity index (χ4n) is 2.45. The second kappa shape index (κ2) is 10.2. The average molecular weight is 381 g/mol. The Morgan fingerprint density at radius 3 is 2.21 bits per heavy atom. The minimum absolute atomic E-state index is 0.0698. The maximum Gasteiger partial charge on any atom is 0.243 e. The highest BCUT2D eigenvalue weighted by Gasteiger charge is 2.10. The minimum Gasteiger partial charge on any atom is -0.487 e. The van der Waals surface area contributed by atoms with E-state index in [-0.39, 0.29) is 18.4 Å². The molecule has 0 radical (unpaired) electrons. The summed E-state index contributed by atoms with van der Waals surface area (Å²) in [4.78, 5) is 24.0. The zero-order valence-corrected chi connectivity index (χ0v) is 16.6. The van der Waals surface area contributed by atoms with Crippen molar-refractivity contribution in [2.45, 2.75) is 27.2 Å². The van der Waals surface area contributed by atoms with Gasteiger partial charge in [0.25, 0.3) is 0 Å². The molecule has 0 aromatic heterocycles. The van der Waals surface area contributed by atoms with Crippen LogP contribution in [0.4, 0.5) is 17.1 Å². The summed E-state index contributed by atoms with van der Waals surface area (Å²) < 4.78 is 5.70. The van der Waals surface area contributed by atoms with E-state index in [1.165, 1.54) is 0 Å². The summed E-state index contributed by atoms with van der Waals surface area (Å²) in [5, 5.41) is 8.80. The Hall–Kier alpha value is -3.28. The fourth-order valence-corrected chi connectivity index (χ4v) is 2.45. The van der Waals surface area contributed by atoms with E-state index in [2.05, 4.69) is 22.5 Å². The summed E-state index contributed by atoms with van der Waals surface area (Å²) >= 11 is 0. The molecule has 2 amide bonds. The summed E-state index contributed by atoms with van der Waals surface area (Å²) in [6.45, 7) is 9.86. The maximum atomic E-state index is 12.4. The van der Waals surface area contributed by atoms with Gasteiger partial charge in [0.1, 0.15) is 12.4 Å². The lowest BCUT2D eigenvalue weighted by molar-refractivity contribution is -0.116. The van der Waals surface area contributed by atoms with Crippen molar-refractivity contribution in [2.75, 3.05) is 29.1 Å². The number of hydrogen-bond donors (Lipinski definition) is 3. The van der Waals surface area contributed by atoms with Crippen molar-refractivity contribution in [3.63, 3.8) is 0 Å². The third-order valence-electron chi connectivity index (χ3n) is 4.00. The number of rotatable bonds is 9. The van der Waals surface area contributed by atoms with E-state index in [9.17, 15) is 9.59 Å². The first-order chi connectivity index (χ1) is 13.4. The van der Waals surface area contributed by atoms with E-state index in [0.29, 0.717) is 30.2 Å². The SMILES string of the molecule is C=C(C)COc1ccccc1NCC(=O)Nc1cccc(NC(=O)CC)c1C. The average Bonchev–Trinajstić information content (AvgIpc) is 2.68. The number of anilines is 3. The number of carbonyl (C=O) groups excluding carboxylic acids is 2. The molecule has 148 valence electrons. The van der Waals surface area contributed by atoms with Crippen molar-refractivity contribution in [1.82, 2.24) is 0 Å². The van der Waals surface area contributed by atoms with Crippen molar-refractivity contribution < 1.29 is 14.3 Å². The van der Waals surface area contributed by atoms with E-state index >= 15 is 0 Å². The molecule has 0 atom stereocenters. The molecule has 0 aliphatic carbocycles. The van der Waals surface area contributed by atoms with E-state index in [1.54, 1.807) is 19.1 Å². The third-order valence-corrected chi connectivity index (χ3v) is 4.00. The Kier molecular flexibility index (Phi) is 7.63. The monoisotopic (exact) mass is 381 g/mol. The molecule has 0 aliphatic heterocycles. The molecule has 0 saturated heterocycles. The predicted octanol–water partition coefficient (Wildman–Crippen LogP) is 4.35. The van der Waals surface area contributed by atoms with Crippen LogP contribution >= 0.6 is 0 Å². The van der Waals surface area contributed by atoms with Gasteiger partial charge in [0.05, 0.1) is 12.2 Å². The van der Waals surface area contributed by atoms with Gasteiger partial charge in [-0.2, -0.15) is 0 Å². The lowest BCUT2D eigenvalue weighted by Crippen LogP contribution is -2.22. The maximum absolute atomic E-state index is 12.4. The third kappa shape index (κ3) is 6.16. The Morgan fingerprint density at radius 1 is 0.964 bits per heavy atom. The van der Waals surface area contributed by atoms with Crippen molar-refractivity contribution in [1.29, 1.82) is 0 Å². The summed E-state index contributed by atoms with van der Waals surface area (Å²) in [6.07, 6.45) is 0.396. The van der Waals surface area contributed by atoms with Crippen molar-refractivity contribution >= 4 is 28.9 Å². The second-order valence-corrected chi connectivity index (χ2v) is 6.52. The lowest BCUT2D eigenvalue weighted by atomic mass is 10.1. The number of benzene rings is 2. The molecule has 6 heteroatoms. The number of para-hydroxylation sites is 2. The zero-order chi connectivity index (χ0) is 20.5. The molecule has 3 N–H and O–H groups in total. The molecule has 2 rings (SSSR count). The molecule has 0 unspecified atom stereocenters. The van der Waals surface area contributed by atoms with E-state index in [4.69, 9.17) is 4.74 Å². The second-order valence-electron chi connectivity index (χ2n) is 6.52. The van der Waals surface area contributed by atoms with Gasteiger partial charge in [-0.25, -0.2) is 0 Å². The Labute approximate surface area is 166 Å². The molecule has 0 spiro atoms. The normalized spacial score (nSPS) is 10.1. The van der Waals surface area contributed by atoms with Crippen LogP contribution in [0.5, 0.6) is 5.75 Å². The molecule has 0 heterocycles. The molecule has 0 aliphatic rings. The smallest absolute Gasteiger partial charge is 0.243 e. The topological polar surface area (TPSA) is 79.5 Å². The van der Waals surface area contributed by atoms with Crippen LogP contribution in [0.2, 0.25) is 0 Å². The van der Waals surface area contributed by atoms with Gasteiger partial charge in [0.15, 0.2) is 0 Å². The Morgan fingerprint density at radius 2 is 1.57 bits per heavy atom. The summed E-state index contributed by atoms with van der Waals surface area (Å²) in [7, 11) is 0. The van der Waals surface area contributed by atoms with Crippen LogP contribution in [0.3, 0.4) is 0 Å². The van der Waals surface area contributed by atoms with E-state index in [0.717, 1.165) is 16.8 Å². The van der Waals surface area contributed by atoms with Gasteiger partial charge in [0.2, 0.25) is 11.8 Å². The van der Waals surface area contributed by atoms with Crippen LogP contribution in [0.25, 0.3) is 0 Å². The minimum atomic E-state index is -0.197. The standard InChI is InChI=1S/C22H27N3O3/c1-5-21(26)24-17-10-8-11-18(16(17)4)25-22(27)13-23-19-9-6-7-12-20(19)28-14-15(2)3/h6-12,23H,2,5,13-14H2,1,3-4H3,(H,24,26)(H,25,27). The molecule has 2 aromatic rings. The number of nitrogens with one attached hydrogen (secondary N) is 3. The van der Waals surface area contributed by atoms with Crippen molar-refractivity contribution in [3.05, 3.63) is 60.2 Å². The van der Waals surface area contributed by atoms with Crippen molar-refractivity contribution in [3.8, 4) is 5.75 Å². The van der Waals surface area contributed by atoms with Crippen LogP contribution in [0, 0.1) is 6.92 Å². The lowest BCUT2D eigenvalue weighted by Gasteiger charge is -2.15. The highest BCUT2D eigenvalue weighted by atomic mass is 16.5. The molecule has 2 aromatic carbocycles. The van der Waals surface area contributed by atoms with Gasteiger partial charge >= 0.3 is 0 Å². The number of carbonyl (C=O) groups is 2. The van der Waals surface area contributed by atoms with Gasteiger partial charge in [0, 0.05) is 17.8 Å². The Balaban J connectivity index is 1.99. The highest BCUT2D eigenvalue weighted by Crippen LogP contribution is 2.25. The van der Waals surface area contributed by atoms with Gasteiger partial charge in [-0.15, -0.1) is 0 Å². The van der Waals surface area contributed by atoms with Crippen LogP contribution in [0.1, 0.15) is 25.8 Å². The molecular weight excluding hydrogens is 354 g/mol. The summed E-state index contributed by atoms with van der Waals surface area (Å²) in [5.74, 6) is 0.398. The quantitative estimate of drug-likeness (QED) is 0.564. The summed E-state index contributed by atoms with van der Waals surface area (Å²) in [6, 6.07) is 12.9. The fraction of sp³-hybridized carbons (Fsp3) is 0.273. The number of ether oxygens (including phenoxy) is 1. The number of hydrogen-bond acceptors (Lipinski definition) is 4. The molecule has 0 fully saturated rings. The van der Waals surface area contributed by atoms with Crippen LogP contribution in [-0.4, -0.2) is 25.0 Å². The van der Waals surface area contributed by atoms with Crippen molar-refractivity contribution in [2.24, 2.45) is 0 Å². The Bertz CT molecular complexity index is 862. The van der Waals surface area contributed by atoms with Gasteiger partial charge in [-0.1, -0.05) is 31.7 Å². The number of amides is 2. The first kappa shape index (κ1) is 21.0. The molecule has 28 heavy (non-hydrogen) atoms. The van der Waals surface area contributed by atoms with Gasteiger partial charge in [-0.3, -0.25) is 9.59 Å². The van der Waals surface area contributed by atoms with Gasteiger partial charge < -0.3 is 20.7 Å². The van der Waals surface area contributed by atoms with Crippen LogP contribution in [0.15, 0.2) is 54.6 Å². The van der Waals surface area contributed by atoms with E-state index in [1.807, 2.05) is 44.2 Å². The largest absolute Gasteiger partial charge is 0.487 e. The molecule has 0 saturated carbocycles. The molecular formula is C22H27N3O3. The predicted molar refractivity (Wildman–Crippen MR) is 114 cm³/mol. The zero-order valence-electron chi connectivity index (χ0n) is 16.6. The van der Waals surface area contributed by atoms with E-state index < -0.39 is 0 Å². The highest BCUT2D eigenvalue weighted by molar-refractivity contribution is 5.97. The van der Waals surface area contributed by atoms with Crippen LogP contribution < -0.4 is 20.7 Å². The van der Waals surface area contributed by atoms with Crippen LogP contribution in [-0.2, 0) is 9.59 Å². The summed E-state index contributed by atoms with van der Waals surface area (Å²) in [5.41, 5.74) is 3.81. The first-order valence-corrected chi connectivity index (χ1v) is 9.20. The molecule has 0 bridgehead atoms. The van der Waals surface area contributed by atoms with Gasteiger partial charge in [-0.05, 0) is 49.2 Å².